The van der Waals surface area contributed by atoms with Crippen LogP contribution in [0.4, 0.5) is 9.59 Å². The van der Waals surface area contributed by atoms with E-state index in [9.17, 15) is 19.2 Å². The van der Waals surface area contributed by atoms with Gasteiger partial charge in [0, 0.05) is 13.1 Å². The maximum Gasteiger partial charge on any atom is 0.279 e. The van der Waals surface area contributed by atoms with Crippen LogP contribution in [0.25, 0.3) is 44.8 Å². The number of nitrogens with one attached hydrogen (secondary N) is 4. The minimum Gasteiger partial charge on any atom is -0.340 e. The van der Waals surface area contributed by atoms with Crippen molar-refractivity contribution in [2.24, 2.45) is 11.8 Å². The minimum atomic E-state index is -0.579. The number of nitrogens with zero attached hydrogens (tertiary/aromatic N) is 4. The topological polar surface area (TPSA) is 156 Å². The van der Waals surface area contributed by atoms with Gasteiger partial charge in [-0.05, 0) is 131 Å². The van der Waals surface area contributed by atoms with Crippen molar-refractivity contribution in [2.45, 2.75) is 103 Å². The number of H-pyrrole nitrogens is 2. The van der Waals surface area contributed by atoms with Crippen molar-refractivity contribution in [3.63, 3.8) is 0 Å². The Bertz CT molecular complexity index is 2660. The van der Waals surface area contributed by atoms with Crippen molar-refractivity contribution in [2.75, 3.05) is 25.6 Å². The molecule has 0 spiro atoms. The number of aromatic amines is 2. The Kier molecular flexibility index (Phi) is 15.0. The molecule has 4 bridgehead atoms. The van der Waals surface area contributed by atoms with E-state index in [-0.39, 0.29) is 46.2 Å². The molecule has 14 heteroatoms. The zero-order valence-electron chi connectivity index (χ0n) is 41.0. The lowest BCUT2D eigenvalue weighted by molar-refractivity contribution is -0.136. The molecule has 12 rings (SSSR count). The first-order valence-electron chi connectivity index (χ1n) is 24.7. The van der Waals surface area contributed by atoms with Crippen LogP contribution >= 0.6 is 23.5 Å². The van der Waals surface area contributed by atoms with Gasteiger partial charge >= 0.3 is 0 Å². The van der Waals surface area contributed by atoms with Crippen LogP contribution in [0.2, 0.25) is 0 Å². The number of rotatable bonds is 12. The highest BCUT2D eigenvalue weighted by Crippen LogP contribution is 2.37. The molecule has 2 aromatic heterocycles. The van der Waals surface area contributed by atoms with Crippen LogP contribution in [-0.4, -0.2) is 89.7 Å². The summed E-state index contributed by atoms with van der Waals surface area (Å²) in [5.74, 6) is 1.36. The fraction of sp³-hybridized carbons (Fsp3) is 0.393. The number of likely N-dealkylation sites (tertiary alicyclic amines) is 2. The first kappa shape index (κ1) is 48.9. The van der Waals surface area contributed by atoms with Gasteiger partial charge in [0.25, 0.3) is 10.5 Å². The third-order valence-electron chi connectivity index (χ3n) is 14.4. The van der Waals surface area contributed by atoms with E-state index in [1.54, 1.807) is 12.5 Å². The normalized spacial score (nSPS) is 17.7. The van der Waals surface area contributed by atoms with E-state index in [0.29, 0.717) is 13.1 Å². The molecule has 0 radical (unpaired) electrons. The number of aryl methyl sites for hydroxylation is 4. The molecule has 12 nitrogen and oxygen atoms in total. The molecule has 2 fully saturated rings. The van der Waals surface area contributed by atoms with E-state index >= 15 is 0 Å². The smallest absolute Gasteiger partial charge is 0.279 e. The highest BCUT2D eigenvalue weighted by molar-refractivity contribution is 8.13. The van der Waals surface area contributed by atoms with Gasteiger partial charge < -0.3 is 30.4 Å². The number of hydrogen-bond acceptors (Lipinski definition) is 8. The van der Waals surface area contributed by atoms with Crippen molar-refractivity contribution in [1.82, 2.24) is 40.4 Å². The monoisotopic (exact) mass is 976 g/mol. The molecule has 70 heavy (non-hydrogen) atoms. The van der Waals surface area contributed by atoms with E-state index in [2.05, 4.69) is 106 Å². The summed E-state index contributed by atoms with van der Waals surface area (Å²) in [6, 6.07) is 29.9. The van der Waals surface area contributed by atoms with Gasteiger partial charge in [-0.3, -0.25) is 19.2 Å². The largest absolute Gasteiger partial charge is 0.340 e. The number of thioether (sulfide) groups is 2. The number of aromatic nitrogens is 4. The van der Waals surface area contributed by atoms with E-state index in [1.807, 2.05) is 49.9 Å². The van der Waals surface area contributed by atoms with Crippen molar-refractivity contribution in [3.8, 4) is 44.8 Å². The third kappa shape index (κ3) is 10.5. The van der Waals surface area contributed by atoms with Crippen molar-refractivity contribution < 1.29 is 19.2 Å². The van der Waals surface area contributed by atoms with Crippen LogP contribution in [-0.2, 0) is 35.3 Å². The van der Waals surface area contributed by atoms with Crippen LogP contribution in [0.5, 0.6) is 0 Å². The van der Waals surface area contributed by atoms with Gasteiger partial charge in [0.1, 0.15) is 23.7 Å². The molecule has 4 heterocycles. The Labute approximate surface area is 420 Å². The quantitative estimate of drug-likeness (QED) is 0.0944. The molecular weight excluding hydrogens is 913 g/mol. The van der Waals surface area contributed by atoms with Crippen LogP contribution in [0.1, 0.15) is 99.4 Å². The Morgan fingerprint density at radius 1 is 0.557 bits per heavy atom. The lowest BCUT2D eigenvalue weighted by Gasteiger charge is -2.30. The Hall–Kier alpha value is -6.12. The van der Waals surface area contributed by atoms with Gasteiger partial charge in [-0.15, -0.1) is 0 Å². The van der Waals surface area contributed by atoms with Crippen LogP contribution in [0.3, 0.4) is 0 Å². The predicted molar refractivity (Wildman–Crippen MR) is 282 cm³/mol. The first-order valence-corrected chi connectivity index (χ1v) is 27.2. The van der Waals surface area contributed by atoms with Gasteiger partial charge in [0.2, 0.25) is 11.8 Å². The summed E-state index contributed by atoms with van der Waals surface area (Å²) >= 11 is 2.17. The minimum absolute atomic E-state index is 0.0347. The standard InChI is InChI=1S/C56H64N8O4S2/c1-33(2)49(61-55(67)69-5)53(65)63-27-7-9-47(63)51-57-31-45(59-51)41-23-19-39(20-24-41)43-29-35-11-15-37(43)17-13-36-12-16-38(18-14-35)44(30-36)40-21-25-42(26-22-40)46-32-58-52(60-46)48-10-8-28-64(48)54(66)50(34(3)4)62-56(68)70-6/h11-12,15-16,19-26,29-34,47-50H,7-10,13-14,17-18,27-28H2,1-6H3,(H,57,59)(H,58,60)(H,61,67)(H,62,68)/t47-,48-,49-,50-/m0/s1. The van der Waals surface area contributed by atoms with Crippen LogP contribution in [0.15, 0.2) is 97.3 Å². The van der Waals surface area contributed by atoms with Gasteiger partial charge in [0.05, 0.1) is 35.9 Å². The predicted octanol–water partition coefficient (Wildman–Crippen LogP) is 11.2. The summed E-state index contributed by atoms with van der Waals surface area (Å²) in [4.78, 5) is 72.4. The maximum atomic E-state index is 13.7. The number of amides is 4. The summed E-state index contributed by atoms with van der Waals surface area (Å²) < 4.78 is 0. The Morgan fingerprint density at radius 2 is 0.943 bits per heavy atom. The summed E-state index contributed by atoms with van der Waals surface area (Å²) in [6.07, 6.45) is 14.2. The molecule has 4 N–H and O–H groups in total. The second-order valence-electron chi connectivity index (χ2n) is 19.6. The molecule has 364 valence electrons. The molecule has 6 aromatic rings. The fourth-order valence-electron chi connectivity index (χ4n) is 10.4. The van der Waals surface area contributed by atoms with E-state index < -0.39 is 12.1 Å². The van der Waals surface area contributed by atoms with E-state index in [4.69, 9.17) is 9.97 Å². The third-order valence-corrected chi connectivity index (χ3v) is 15.4. The zero-order chi connectivity index (χ0) is 49.1. The highest BCUT2D eigenvalue weighted by Gasteiger charge is 2.39. The number of benzene rings is 4. The molecular formula is C56H64N8O4S2. The summed E-state index contributed by atoms with van der Waals surface area (Å²) in [5, 5.41) is 5.43. The lowest BCUT2D eigenvalue weighted by Crippen LogP contribution is -2.50. The van der Waals surface area contributed by atoms with Gasteiger partial charge in [0.15, 0.2) is 0 Å². The van der Waals surface area contributed by atoms with Crippen LogP contribution < -0.4 is 10.6 Å². The molecule has 2 aliphatic heterocycles. The Balaban J connectivity index is 0.873. The Morgan fingerprint density at radius 3 is 1.31 bits per heavy atom. The van der Waals surface area contributed by atoms with Crippen LogP contribution in [0, 0.1) is 11.8 Å². The second-order valence-corrected chi connectivity index (χ2v) is 21.2. The number of hydrogen-bond donors (Lipinski definition) is 4. The lowest BCUT2D eigenvalue weighted by atomic mass is 9.87. The molecule has 0 unspecified atom stereocenters. The summed E-state index contributed by atoms with van der Waals surface area (Å²) in [6.45, 7) is 9.13. The van der Waals surface area contributed by atoms with Gasteiger partial charge in [-0.1, -0.05) is 136 Å². The molecule has 0 saturated carbocycles. The van der Waals surface area contributed by atoms with Crippen molar-refractivity contribution in [3.05, 3.63) is 131 Å². The number of imidazole rings is 2. The molecule has 2 saturated heterocycles. The van der Waals surface area contributed by atoms with Gasteiger partial charge in [-0.25, -0.2) is 9.97 Å². The first-order chi connectivity index (χ1) is 33.9. The summed E-state index contributed by atoms with van der Waals surface area (Å²) in [7, 11) is 0. The van der Waals surface area contributed by atoms with E-state index in [0.717, 1.165) is 109 Å². The number of carbonyl (C=O) groups excluding carboxylic acids is 4. The zero-order valence-corrected chi connectivity index (χ0v) is 42.6. The van der Waals surface area contributed by atoms with Gasteiger partial charge in [-0.2, -0.15) is 0 Å². The molecule has 4 amide bonds. The average molecular weight is 977 g/mol. The second kappa shape index (κ2) is 21.5. The van der Waals surface area contributed by atoms with Crippen molar-refractivity contribution in [1.29, 1.82) is 0 Å². The molecule has 6 aliphatic rings. The van der Waals surface area contributed by atoms with E-state index in [1.165, 1.54) is 44.5 Å². The van der Waals surface area contributed by atoms with Crippen molar-refractivity contribution >= 4 is 45.8 Å². The highest BCUT2D eigenvalue weighted by atomic mass is 32.2. The maximum absolute atomic E-state index is 13.7. The SMILES string of the molecule is CSC(=O)N[C@H](C(=O)N1CCC[C@H]1c1ncc(-c2ccc(-c3cc4ccc3CCc3ccc(c(-c5ccc(-c6cnc([C@@H]7CCCN7C(=O)[C@@H](NC(=O)SC)C(C)C)[nH]6)cc5)c3)CC4)cc2)[nH]1)C(C)C. The molecule has 4 atom stereocenters. The number of carbonyl (C=O) groups is 4. The average Bonchev–Trinajstić information content (AvgIpc) is 4.23. The summed E-state index contributed by atoms with van der Waals surface area (Å²) in [5.41, 5.74) is 14.0. The molecule has 4 aliphatic carbocycles. The fourth-order valence-corrected chi connectivity index (χ4v) is 10.9. The molecule has 4 aromatic carbocycles.